The topological polar surface area (TPSA) is 69.7 Å². The number of carbonyl (C=O) groups is 1. The highest BCUT2D eigenvalue weighted by molar-refractivity contribution is 9.10. The Morgan fingerprint density at radius 3 is 2.63 bits per heavy atom. The number of rotatable bonds is 5. The average molecular weight is 400 g/mol. The monoisotopic (exact) mass is 398 g/mol. The van der Waals surface area contributed by atoms with Crippen molar-refractivity contribution in [2.45, 2.75) is 9.73 Å². The zero-order valence-corrected chi connectivity index (χ0v) is 13.1. The van der Waals surface area contributed by atoms with Crippen molar-refractivity contribution < 1.29 is 30.9 Å². The SMILES string of the molecule is COC(=O)c1sc(Cl)cc1S(=O)(=O)OCC(F)(F)Br. The minimum atomic E-state index is -4.54. The third-order valence-electron chi connectivity index (χ3n) is 1.69. The molecule has 5 nitrogen and oxygen atoms in total. The van der Waals surface area contributed by atoms with Crippen molar-refractivity contribution in [1.29, 1.82) is 0 Å². The van der Waals surface area contributed by atoms with Crippen LogP contribution in [0.1, 0.15) is 9.67 Å². The van der Waals surface area contributed by atoms with Gasteiger partial charge in [-0.25, -0.2) is 4.79 Å². The van der Waals surface area contributed by atoms with E-state index in [0.29, 0.717) is 11.3 Å². The largest absolute Gasteiger partial charge is 0.465 e. The lowest BCUT2D eigenvalue weighted by Crippen LogP contribution is -2.20. The van der Waals surface area contributed by atoms with E-state index in [2.05, 4.69) is 8.92 Å². The second-order valence-corrected chi connectivity index (χ2v) is 7.49. The lowest BCUT2D eigenvalue weighted by Gasteiger charge is -2.09. The minimum absolute atomic E-state index is 0.0202. The number of halogens is 4. The van der Waals surface area contributed by atoms with Gasteiger partial charge in [0.05, 0.1) is 11.4 Å². The van der Waals surface area contributed by atoms with E-state index >= 15 is 0 Å². The molecule has 0 N–H and O–H groups in total. The first-order chi connectivity index (χ1) is 8.57. The van der Waals surface area contributed by atoms with Gasteiger partial charge in [-0.15, -0.1) is 11.3 Å². The van der Waals surface area contributed by atoms with E-state index in [1.165, 1.54) is 0 Å². The van der Waals surface area contributed by atoms with Crippen LogP contribution in [0.25, 0.3) is 0 Å². The first-order valence-corrected chi connectivity index (χ1v) is 7.80. The minimum Gasteiger partial charge on any atom is -0.465 e. The predicted octanol–water partition coefficient (Wildman–Crippen LogP) is 2.88. The molecule has 0 aromatic carbocycles. The Kier molecular flexibility index (Phi) is 5.29. The first-order valence-electron chi connectivity index (χ1n) is 4.40. The molecule has 0 saturated carbocycles. The molecule has 0 aliphatic rings. The van der Waals surface area contributed by atoms with Gasteiger partial charge in [-0.1, -0.05) is 11.6 Å². The molecule has 0 aliphatic heterocycles. The molecule has 0 spiro atoms. The van der Waals surface area contributed by atoms with Crippen molar-refractivity contribution in [3.05, 3.63) is 15.3 Å². The molecule has 0 amide bonds. The fourth-order valence-corrected chi connectivity index (χ4v) is 3.85. The van der Waals surface area contributed by atoms with Crippen LogP contribution in [0.3, 0.4) is 0 Å². The lowest BCUT2D eigenvalue weighted by molar-refractivity contribution is 0.0566. The summed E-state index contributed by atoms with van der Waals surface area (Å²) in [6.07, 6.45) is 0. The molecule has 1 aromatic rings. The lowest BCUT2D eigenvalue weighted by atomic mass is 10.5. The van der Waals surface area contributed by atoms with Gasteiger partial charge < -0.3 is 4.74 Å². The smallest absolute Gasteiger partial charge is 0.349 e. The van der Waals surface area contributed by atoms with Crippen LogP contribution in [0.15, 0.2) is 11.0 Å². The second-order valence-electron chi connectivity index (χ2n) is 3.07. The summed E-state index contributed by atoms with van der Waals surface area (Å²) in [4.78, 5) is 6.89. The summed E-state index contributed by atoms with van der Waals surface area (Å²) in [6, 6.07) is 0.931. The van der Waals surface area contributed by atoms with E-state index in [1.54, 1.807) is 0 Å². The molecule has 0 saturated heterocycles. The molecule has 1 heterocycles. The zero-order chi connectivity index (χ0) is 14.8. The van der Waals surface area contributed by atoms with Gasteiger partial charge in [0.25, 0.3) is 10.1 Å². The number of esters is 1. The van der Waals surface area contributed by atoms with Gasteiger partial charge in [-0.2, -0.15) is 17.2 Å². The van der Waals surface area contributed by atoms with E-state index in [1.807, 2.05) is 15.9 Å². The molecule has 0 aliphatic carbocycles. The van der Waals surface area contributed by atoms with Crippen LogP contribution in [-0.2, 0) is 19.0 Å². The molecule has 0 fully saturated rings. The van der Waals surface area contributed by atoms with Gasteiger partial charge >= 0.3 is 10.8 Å². The van der Waals surface area contributed by atoms with E-state index < -0.39 is 32.4 Å². The molecule has 19 heavy (non-hydrogen) atoms. The number of ether oxygens (including phenoxy) is 1. The highest BCUT2D eigenvalue weighted by Gasteiger charge is 2.32. The van der Waals surface area contributed by atoms with Gasteiger partial charge in [-0.3, -0.25) is 4.18 Å². The summed E-state index contributed by atoms with van der Waals surface area (Å²) in [5.41, 5.74) is 0. The summed E-state index contributed by atoms with van der Waals surface area (Å²) < 4.78 is 56.9. The van der Waals surface area contributed by atoms with Crippen LogP contribution in [0, 0.1) is 0 Å². The molecule has 0 atom stereocenters. The molecular weight excluding hydrogens is 394 g/mol. The van der Waals surface area contributed by atoms with Crippen LogP contribution >= 0.6 is 38.9 Å². The Bertz CT molecular complexity index is 580. The highest BCUT2D eigenvalue weighted by atomic mass is 79.9. The number of hydrogen-bond donors (Lipinski definition) is 0. The van der Waals surface area contributed by atoms with E-state index in [0.717, 1.165) is 13.2 Å². The molecule has 1 rings (SSSR count). The number of alkyl halides is 3. The van der Waals surface area contributed by atoms with E-state index in [4.69, 9.17) is 11.6 Å². The zero-order valence-electron chi connectivity index (χ0n) is 9.15. The highest BCUT2D eigenvalue weighted by Crippen LogP contribution is 2.33. The maximum Gasteiger partial charge on any atom is 0.349 e. The summed E-state index contributed by atoms with van der Waals surface area (Å²) in [6.45, 7) is -1.41. The number of thiophene rings is 1. The molecular formula is C8H6BrClF2O5S2. The second kappa shape index (κ2) is 6.00. The standard InChI is InChI=1S/C8H6BrClF2O5S2/c1-16-7(13)6-4(2-5(10)18-6)19(14,15)17-3-8(9,11)12/h2H,3H2,1H3. The molecule has 1 aromatic heterocycles. The Balaban J connectivity index is 3.11. The number of hydrogen-bond acceptors (Lipinski definition) is 6. The van der Waals surface area contributed by atoms with Crippen molar-refractivity contribution in [3.8, 4) is 0 Å². The third kappa shape index (κ3) is 4.63. The van der Waals surface area contributed by atoms with E-state index in [9.17, 15) is 22.0 Å². The Labute approximate surface area is 124 Å². The van der Waals surface area contributed by atoms with Crippen molar-refractivity contribution in [1.82, 2.24) is 0 Å². The van der Waals surface area contributed by atoms with Crippen molar-refractivity contribution >= 4 is 55.0 Å². The van der Waals surface area contributed by atoms with Crippen LogP contribution in [-0.4, -0.2) is 32.9 Å². The predicted molar refractivity (Wildman–Crippen MR) is 67.7 cm³/mol. The van der Waals surface area contributed by atoms with Gasteiger partial charge in [0, 0.05) is 0 Å². The van der Waals surface area contributed by atoms with Crippen LogP contribution < -0.4 is 0 Å². The molecule has 108 valence electrons. The van der Waals surface area contributed by atoms with Crippen LogP contribution in [0.5, 0.6) is 0 Å². The fraction of sp³-hybridized carbons (Fsp3) is 0.375. The Hall–Kier alpha value is -0.290. The number of carbonyl (C=O) groups excluding carboxylic acids is 1. The molecule has 0 unspecified atom stereocenters. The molecule has 11 heteroatoms. The Morgan fingerprint density at radius 2 is 2.16 bits per heavy atom. The van der Waals surface area contributed by atoms with Gasteiger partial charge in [0.2, 0.25) is 0 Å². The van der Waals surface area contributed by atoms with E-state index in [-0.39, 0.29) is 9.21 Å². The van der Waals surface area contributed by atoms with Crippen molar-refractivity contribution in [2.24, 2.45) is 0 Å². The maximum atomic E-state index is 12.5. The molecule has 0 bridgehead atoms. The summed E-state index contributed by atoms with van der Waals surface area (Å²) >= 11 is 8.17. The fourth-order valence-electron chi connectivity index (χ4n) is 0.974. The van der Waals surface area contributed by atoms with Gasteiger partial charge in [0.1, 0.15) is 16.4 Å². The van der Waals surface area contributed by atoms with Gasteiger partial charge in [-0.05, 0) is 22.0 Å². The van der Waals surface area contributed by atoms with Crippen molar-refractivity contribution in [3.63, 3.8) is 0 Å². The quantitative estimate of drug-likeness (QED) is 0.433. The summed E-state index contributed by atoms with van der Waals surface area (Å²) in [7, 11) is -3.50. The summed E-state index contributed by atoms with van der Waals surface area (Å²) in [5, 5.41) is 0. The normalized spacial score (nSPS) is 12.5. The first kappa shape index (κ1) is 16.8. The number of methoxy groups -OCH3 is 1. The van der Waals surface area contributed by atoms with Crippen LogP contribution in [0.4, 0.5) is 8.78 Å². The average Bonchev–Trinajstić information content (AvgIpc) is 2.68. The maximum absolute atomic E-state index is 12.5. The van der Waals surface area contributed by atoms with Gasteiger partial charge in [0.15, 0.2) is 0 Å². The third-order valence-corrected chi connectivity index (χ3v) is 4.58. The summed E-state index contributed by atoms with van der Waals surface area (Å²) in [5.74, 6) is -0.954. The molecule has 0 radical (unpaired) electrons. The Morgan fingerprint density at radius 1 is 1.58 bits per heavy atom. The van der Waals surface area contributed by atoms with Crippen molar-refractivity contribution in [2.75, 3.05) is 13.7 Å². The van der Waals surface area contributed by atoms with Crippen LogP contribution in [0.2, 0.25) is 4.34 Å².